The van der Waals surface area contributed by atoms with Crippen LogP contribution in [-0.2, 0) is 47.7 Å². The smallest absolute Gasteiger partial charge is 0.344 e. The summed E-state index contributed by atoms with van der Waals surface area (Å²) in [6.07, 6.45) is 15.7. The summed E-state index contributed by atoms with van der Waals surface area (Å²) in [4.78, 5) is 60.6. The molecule has 374 valence electrons. The maximum atomic E-state index is 12.8. The van der Waals surface area contributed by atoms with Crippen molar-refractivity contribution in [2.75, 3.05) is 6.61 Å². The molecule has 1 aliphatic heterocycles. The van der Waals surface area contributed by atoms with Crippen LogP contribution >= 0.6 is 0 Å². The monoisotopic (exact) mass is 927 g/mol. The largest absolute Gasteiger partial charge is 0.459 e. The summed E-state index contributed by atoms with van der Waals surface area (Å²) < 4.78 is 28.0. The molecule has 66 heavy (non-hydrogen) atoms. The van der Waals surface area contributed by atoms with Crippen molar-refractivity contribution in [3.63, 3.8) is 0 Å². The van der Waals surface area contributed by atoms with Crippen molar-refractivity contribution in [2.45, 2.75) is 234 Å². The first-order valence-electron chi connectivity index (χ1n) is 25.8. The number of aliphatic hydroxyl groups is 2. The third-order valence-corrected chi connectivity index (χ3v) is 19.6. The number of carbonyl (C=O) groups is 5. The molecule has 0 aromatic carbocycles. The fourth-order valence-electron chi connectivity index (χ4n) is 14.7. The number of esters is 5. The molecule has 11 aliphatic rings. The number of hydrogen-bond acceptors (Lipinski definition) is 12. The van der Waals surface area contributed by atoms with Gasteiger partial charge in [-0.25, -0.2) is 4.79 Å². The predicted molar refractivity (Wildman–Crippen MR) is 247 cm³/mol. The molecule has 10 bridgehead atoms. The topological polar surface area (TPSA) is 172 Å². The Kier molecular flexibility index (Phi) is 13.4. The van der Waals surface area contributed by atoms with Gasteiger partial charge >= 0.3 is 29.8 Å². The summed E-state index contributed by atoms with van der Waals surface area (Å²) in [5, 5.41) is 21.7. The molecule has 9 atom stereocenters. The van der Waals surface area contributed by atoms with Crippen LogP contribution in [0.3, 0.4) is 0 Å². The number of carbonyl (C=O) groups excluding carboxylic acids is 5. The molecule has 11 fully saturated rings. The molecule has 1 heterocycles. The minimum Gasteiger partial charge on any atom is -0.459 e. The number of hydrogen-bond donors (Lipinski definition) is 2. The Morgan fingerprint density at radius 2 is 1.15 bits per heavy atom. The highest BCUT2D eigenvalue weighted by Crippen LogP contribution is 2.71. The van der Waals surface area contributed by atoms with Gasteiger partial charge in [0, 0.05) is 23.7 Å². The number of rotatable bonds is 13. The molecular weight excluding hydrogens is 841 g/mol. The van der Waals surface area contributed by atoms with Gasteiger partial charge in [-0.3, -0.25) is 19.2 Å². The summed E-state index contributed by atoms with van der Waals surface area (Å²) in [6, 6.07) is 0. The van der Waals surface area contributed by atoms with E-state index in [0.717, 1.165) is 83.5 Å². The molecule has 0 radical (unpaired) electrons. The Morgan fingerprint density at radius 1 is 0.652 bits per heavy atom. The van der Waals surface area contributed by atoms with Crippen LogP contribution in [0.4, 0.5) is 0 Å². The van der Waals surface area contributed by atoms with E-state index in [9.17, 15) is 34.2 Å². The van der Waals surface area contributed by atoms with E-state index in [-0.39, 0.29) is 70.9 Å². The highest BCUT2D eigenvalue weighted by molar-refractivity contribution is 5.80. The van der Waals surface area contributed by atoms with E-state index in [1.165, 1.54) is 12.8 Å². The van der Waals surface area contributed by atoms with E-state index in [4.69, 9.17) is 23.7 Å². The molecule has 0 aromatic rings. The summed E-state index contributed by atoms with van der Waals surface area (Å²) in [5.41, 5.74) is -3.52. The molecule has 1 saturated heterocycles. The molecule has 0 amide bonds. The molecule has 0 aromatic heterocycles. The first-order chi connectivity index (χ1) is 30.3. The van der Waals surface area contributed by atoms with Crippen molar-refractivity contribution in [1.29, 1.82) is 0 Å². The molecule has 10 saturated carbocycles. The number of ether oxygens (including phenoxy) is 5. The van der Waals surface area contributed by atoms with Crippen molar-refractivity contribution in [1.82, 2.24) is 0 Å². The first-order valence-corrected chi connectivity index (χ1v) is 25.8. The van der Waals surface area contributed by atoms with E-state index in [1.54, 1.807) is 13.8 Å². The minimum atomic E-state index is -0.668. The Morgan fingerprint density at radius 3 is 1.67 bits per heavy atom. The van der Waals surface area contributed by atoms with Crippen molar-refractivity contribution >= 4 is 29.8 Å². The Balaban J connectivity index is 0.000000149. The van der Waals surface area contributed by atoms with Gasteiger partial charge in [-0.05, 0) is 201 Å². The van der Waals surface area contributed by atoms with Gasteiger partial charge in [-0.15, -0.1) is 0 Å². The van der Waals surface area contributed by atoms with E-state index in [1.807, 2.05) is 62.3 Å². The molecule has 9 unspecified atom stereocenters. The van der Waals surface area contributed by atoms with Gasteiger partial charge in [0.15, 0.2) is 6.61 Å². The highest BCUT2D eigenvalue weighted by atomic mass is 16.6. The SMILES string of the molecule is CCC(C)(C)C(=O)OC(C)(C)C12CC3CC(CC(C(C)(C)O)(C3)C1)C2.CCC(C)(C)C(=O)OC12CC3CC(CC(O)(C3)C1)C2.CCC(C)(C)C(=O)OCC(=O)OC1C2CC3C(=O)OC1C3C2. The van der Waals surface area contributed by atoms with Crippen LogP contribution in [0.1, 0.15) is 199 Å². The van der Waals surface area contributed by atoms with Gasteiger partial charge in [0.25, 0.3) is 0 Å². The zero-order chi connectivity index (χ0) is 48.8. The molecule has 12 heteroatoms. The van der Waals surface area contributed by atoms with Crippen LogP contribution in [0.5, 0.6) is 0 Å². The molecule has 2 N–H and O–H groups in total. The average Bonchev–Trinajstić information content (AvgIpc) is 3.84. The van der Waals surface area contributed by atoms with Crippen molar-refractivity contribution in [2.24, 2.45) is 68.5 Å². The fraction of sp³-hybridized carbons (Fsp3) is 0.907. The highest BCUT2D eigenvalue weighted by Gasteiger charge is 2.67. The maximum absolute atomic E-state index is 12.8. The zero-order valence-electron chi connectivity index (χ0n) is 42.9. The molecule has 11 rings (SSSR count). The second kappa shape index (κ2) is 17.3. The van der Waals surface area contributed by atoms with E-state index in [0.29, 0.717) is 36.5 Å². The fourth-order valence-corrected chi connectivity index (χ4v) is 14.7. The standard InChI is InChI=1S/C22H38O3.C16H22O6.C16H26O3/c1-8-18(2,3)17(23)25-20(6,7)22-12-15-9-16(13-22)11-21(10-15,14-22)19(4,5)24;1-4-16(2,3)15(19)20-7-11(17)21-12-8-5-9-10(6-8)14(18)22-13(9)12;1-4-14(2,3)13(17)19-16-8-11-5-12(9-16)7-15(18,6-11)10-16/h15-16,24H,8-14H2,1-7H3;8-10,12-13H,4-7H2,1-3H3;11-12,18H,4-10H2,1-3H3. The van der Waals surface area contributed by atoms with Crippen molar-refractivity contribution in [3.05, 3.63) is 0 Å². The van der Waals surface area contributed by atoms with E-state index < -0.39 is 45.0 Å². The van der Waals surface area contributed by atoms with Crippen molar-refractivity contribution < 1.29 is 57.9 Å². The second-order valence-corrected chi connectivity index (χ2v) is 26.4. The second-order valence-electron chi connectivity index (χ2n) is 26.4. The van der Waals surface area contributed by atoms with Crippen LogP contribution in [0, 0.1) is 68.5 Å². The summed E-state index contributed by atoms with van der Waals surface area (Å²) >= 11 is 0. The van der Waals surface area contributed by atoms with E-state index in [2.05, 4.69) is 13.8 Å². The van der Waals surface area contributed by atoms with Gasteiger partial charge in [-0.1, -0.05) is 20.8 Å². The molecule has 12 nitrogen and oxygen atoms in total. The van der Waals surface area contributed by atoms with Gasteiger partial charge in [0.05, 0.1) is 33.4 Å². The quantitative estimate of drug-likeness (QED) is 0.133. The number of fused-ring (bicyclic) bond motifs is 1. The zero-order valence-corrected chi connectivity index (χ0v) is 42.9. The van der Waals surface area contributed by atoms with Crippen molar-refractivity contribution in [3.8, 4) is 0 Å². The maximum Gasteiger partial charge on any atom is 0.344 e. The lowest BCUT2D eigenvalue weighted by Crippen LogP contribution is -2.65. The normalized spacial score (nSPS) is 39.0. The first kappa shape index (κ1) is 51.1. The van der Waals surface area contributed by atoms with Gasteiger partial charge < -0.3 is 33.9 Å². The van der Waals surface area contributed by atoms with Gasteiger partial charge in [0.1, 0.15) is 23.4 Å². The third kappa shape index (κ3) is 9.47. The third-order valence-electron chi connectivity index (χ3n) is 19.6. The van der Waals surface area contributed by atoms with Gasteiger partial charge in [0.2, 0.25) is 0 Å². The lowest BCUT2D eigenvalue weighted by molar-refractivity contribution is -0.247. The van der Waals surface area contributed by atoms with Crippen LogP contribution in [0.25, 0.3) is 0 Å². The summed E-state index contributed by atoms with van der Waals surface area (Å²) in [7, 11) is 0. The summed E-state index contributed by atoms with van der Waals surface area (Å²) in [6.45, 7) is 25.2. The molecular formula is C54H86O12. The van der Waals surface area contributed by atoms with Crippen LogP contribution in [-0.4, -0.2) is 81.3 Å². The lowest BCUT2D eigenvalue weighted by Gasteiger charge is -2.68. The Labute approximate surface area is 395 Å². The van der Waals surface area contributed by atoms with Crippen LogP contribution in [0.2, 0.25) is 0 Å². The predicted octanol–water partition coefficient (Wildman–Crippen LogP) is 9.61. The Bertz CT molecular complexity index is 1860. The van der Waals surface area contributed by atoms with Crippen LogP contribution in [0.15, 0.2) is 0 Å². The lowest BCUT2D eigenvalue weighted by atomic mass is 9.38. The average molecular weight is 927 g/mol. The molecule has 10 aliphatic carbocycles. The molecule has 0 spiro atoms. The van der Waals surface area contributed by atoms with Gasteiger partial charge in [-0.2, -0.15) is 0 Å². The summed E-state index contributed by atoms with van der Waals surface area (Å²) in [5.74, 6) is 1.54. The minimum absolute atomic E-state index is 0.00636. The Hall–Kier alpha value is -2.73. The van der Waals surface area contributed by atoms with Crippen LogP contribution < -0.4 is 0 Å². The van der Waals surface area contributed by atoms with E-state index >= 15 is 0 Å².